The van der Waals surface area contributed by atoms with E-state index in [-0.39, 0.29) is 5.56 Å². The summed E-state index contributed by atoms with van der Waals surface area (Å²) in [4.78, 5) is 16.1. The molecule has 0 radical (unpaired) electrons. The van der Waals surface area contributed by atoms with Crippen molar-refractivity contribution in [1.29, 1.82) is 0 Å². The van der Waals surface area contributed by atoms with Gasteiger partial charge in [-0.05, 0) is 61.7 Å². The van der Waals surface area contributed by atoms with Gasteiger partial charge in [0, 0.05) is 12.6 Å². The molecule has 0 aliphatic carbocycles. The van der Waals surface area contributed by atoms with Gasteiger partial charge in [-0.25, -0.2) is 4.98 Å². The van der Waals surface area contributed by atoms with Gasteiger partial charge in [0.2, 0.25) is 0 Å². The molecule has 1 N–H and O–H groups in total. The van der Waals surface area contributed by atoms with Crippen molar-refractivity contribution in [2.45, 2.75) is 45.2 Å². The highest BCUT2D eigenvalue weighted by atomic mass is 127. The van der Waals surface area contributed by atoms with Crippen LogP contribution in [0, 0.1) is 10.5 Å². The average molecular weight is 347 g/mol. The molecule has 4 nitrogen and oxygen atoms in total. The molecule has 0 spiro atoms. The number of hydrogen-bond donors (Lipinski definition) is 1. The minimum atomic E-state index is 0.0949. The molecule has 17 heavy (non-hydrogen) atoms. The van der Waals surface area contributed by atoms with Gasteiger partial charge < -0.3 is 5.32 Å². The molecule has 94 valence electrons. The van der Waals surface area contributed by atoms with Gasteiger partial charge in [-0.1, -0.05) is 0 Å². The summed E-state index contributed by atoms with van der Waals surface area (Å²) >= 11 is 2.08. The monoisotopic (exact) mass is 347 g/mol. The normalized spacial score (nSPS) is 19.8. The smallest absolute Gasteiger partial charge is 0.266 e. The molecule has 1 unspecified atom stereocenters. The Kier molecular flexibility index (Phi) is 4.55. The van der Waals surface area contributed by atoms with Crippen LogP contribution < -0.4 is 10.9 Å². The number of halogens is 1. The van der Waals surface area contributed by atoms with E-state index in [9.17, 15) is 4.79 Å². The summed E-state index contributed by atoms with van der Waals surface area (Å²) in [5, 5.41) is 3.47. The van der Waals surface area contributed by atoms with Crippen LogP contribution in [0.15, 0.2) is 11.1 Å². The molecule has 2 heterocycles. The summed E-state index contributed by atoms with van der Waals surface area (Å²) in [5.74, 6) is 0. The zero-order valence-electron chi connectivity index (χ0n) is 10.1. The van der Waals surface area contributed by atoms with Gasteiger partial charge >= 0.3 is 0 Å². The third kappa shape index (κ3) is 3.28. The van der Waals surface area contributed by atoms with E-state index in [1.807, 2.05) is 6.92 Å². The lowest BCUT2D eigenvalue weighted by molar-refractivity contribution is 0.494. The van der Waals surface area contributed by atoms with Crippen molar-refractivity contribution in [1.82, 2.24) is 14.9 Å². The minimum absolute atomic E-state index is 0.0949. The van der Waals surface area contributed by atoms with Crippen LogP contribution in [0.5, 0.6) is 0 Å². The first-order valence-corrected chi connectivity index (χ1v) is 7.21. The van der Waals surface area contributed by atoms with Gasteiger partial charge in [-0.15, -0.1) is 0 Å². The second kappa shape index (κ2) is 5.95. The Morgan fingerprint density at radius 2 is 2.47 bits per heavy atom. The number of nitrogens with one attached hydrogen (secondary N) is 1. The van der Waals surface area contributed by atoms with Crippen molar-refractivity contribution in [2.75, 3.05) is 6.54 Å². The average Bonchev–Trinajstić information content (AvgIpc) is 2.82. The Morgan fingerprint density at radius 3 is 3.18 bits per heavy atom. The summed E-state index contributed by atoms with van der Waals surface area (Å²) in [6, 6.07) is 0.656. The highest BCUT2D eigenvalue weighted by molar-refractivity contribution is 14.1. The minimum Gasteiger partial charge on any atom is -0.314 e. The first kappa shape index (κ1) is 13.0. The molecule has 1 saturated heterocycles. The number of aromatic nitrogens is 2. The van der Waals surface area contributed by atoms with Crippen molar-refractivity contribution in [3.05, 3.63) is 25.9 Å². The van der Waals surface area contributed by atoms with Crippen LogP contribution in [0.25, 0.3) is 0 Å². The van der Waals surface area contributed by atoms with E-state index in [2.05, 4.69) is 32.9 Å². The van der Waals surface area contributed by atoms with Crippen LogP contribution in [0.2, 0.25) is 0 Å². The van der Waals surface area contributed by atoms with Crippen LogP contribution in [-0.4, -0.2) is 22.1 Å². The lowest BCUT2D eigenvalue weighted by atomic mass is 10.1. The fraction of sp³-hybridized carbons (Fsp3) is 0.667. The maximum absolute atomic E-state index is 11.9. The van der Waals surface area contributed by atoms with Crippen molar-refractivity contribution in [3.63, 3.8) is 0 Å². The van der Waals surface area contributed by atoms with Gasteiger partial charge in [0.1, 0.15) is 0 Å². The zero-order valence-corrected chi connectivity index (χ0v) is 12.2. The molecule has 0 aromatic carbocycles. The molecule has 1 atom stereocenters. The Hall–Kier alpha value is -0.430. The van der Waals surface area contributed by atoms with E-state index in [0.29, 0.717) is 6.04 Å². The van der Waals surface area contributed by atoms with E-state index >= 15 is 0 Å². The summed E-state index contributed by atoms with van der Waals surface area (Å²) in [6.45, 7) is 3.80. The molecule has 0 saturated carbocycles. The SMILES string of the molecule is Cc1ncn(CCCC2CCCN2)c(=O)c1I. The Balaban J connectivity index is 1.90. The molecule has 0 bridgehead atoms. The first-order valence-electron chi connectivity index (χ1n) is 6.13. The number of nitrogens with zero attached hydrogens (tertiary/aromatic N) is 2. The fourth-order valence-electron chi connectivity index (χ4n) is 2.22. The Labute approximate surface area is 115 Å². The maximum Gasteiger partial charge on any atom is 0.266 e. The molecular formula is C12H18IN3O. The van der Waals surface area contributed by atoms with Crippen LogP contribution >= 0.6 is 22.6 Å². The summed E-state index contributed by atoms with van der Waals surface area (Å²) < 4.78 is 2.47. The van der Waals surface area contributed by atoms with E-state index < -0.39 is 0 Å². The van der Waals surface area contributed by atoms with Gasteiger partial charge in [0.25, 0.3) is 5.56 Å². The van der Waals surface area contributed by atoms with Crippen molar-refractivity contribution < 1.29 is 0 Å². The third-order valence-corrected chi connectivity index (χ3v) is 4.51. The molecule has 1 aromatic rings. The predicted octanol–water partition coefficient (Wildman–Crippen LogP) is 1.69. The number of aryl methyl sites for hydroxylation is 2. The van der Waals surface area contributed by atoms with Crippen LogP contribution in [-0.2, 0) is 6.54 Å². The van der Waals surface area contributed by atoms with E-state index in [1.165, 1.54) is 12.8 Å². The maximum atomic E-state index is 11.9. The Morgan fingerprint density at radius 1 is 1.65 bits per heavy atom. The molecule has 1 aromatic heterocycles. The third-order valence-electron chi connectivity index (χ3n) is 3.27. The molecule has 0 amide bonds. The van der Waals surface area contributed by atoms with Crippen LogP contribution in [0.3, 0.4) is 0 Å². The summed E-state index contributed by atoms with van der Waals surface area (Å²) in [5.41, 5.74) is 0.918. The lowest BCUT2D eigenvalue weighted by Gasteiger charge is -2.11. The van der Waals surface area contributed by atoms with Crippen LogP contribution in [0.1, 0.15) is 31.4 Å². The summed E-state index contributed by atoms with van der Waals surface area (Å²) in [7, 11) is 0. The van der Waals surface area contributed by atoms with E-state index in [4.69, 9.17) is 0 Å². The second-order valence-corrected chi connectivity index (χ2v) is 5.66. The standard InChI is InChI=1S/C12H18IN3O/c1-9-11(13)12(17)16(8-15-9)7-3-5-10-4-2-6-14-10/h8,10,14H,2-7H2,1H3. The van der Waals surface area contributed by atoms with Gasteiger partial charge in [0.05, 0.1) is 15.6 Å². The molecule has 5 heteroatoms. The second-order valence-electron chi connectivity index (χ2n) is 4.58. The van der Waals surface area contributed by atoms with Crippen molar-refractivity contribution in [2.24, 2.45) is 0 Å². The predicted molar refractivity (Wildman–Crippen MR) is 76.2 cm³/mol. The van der Waals surface area contributed by atoms with Crippen molar-refractivity contribution in [3.8, 4) is 0 Å². The number of rotatable bonds is 4. The quantitative estimate of drug-likeness (QED) is 0.844. The molecule has 1 aliphatic heterocycles. The molecule has 1 fully saturated rings. The topological polar surface area (TPSA) is 46.9 Å². The van der Waals surface area contributed by atoms with Gasteiger partial charge in [-0.3, -0.25) is 9.36 Å². The highest BCUT2D eigenvalue weighted by Gasteiger charge is 2.13. The van der Waals surface area contributed by atoms with Gasteiger partial charge in [0.15, 0.2) is 0 Å². The molecule has 1 aliphatic rings. The van der Waals surface area contributed by atoms with Crippen molar-refractivity contribution >= 4 is 22.6 Å². The summed E-state index contributed by atoms with van der Waals surface area (Å²) in [6.07, 6.45) is 6.42. The fourth-order valence-corrected chi connectivity index (χ4v) is 2.67. The molecule has 2 rings (SSSR count). The van der Waals surface area contributed by atoms with E-state index in [0.717, 1.165) is 35.2 Å². The van der Waals surface area contributed by atoms with Crippen LogP contribution in [0.4, 0.5) is 0 Å². The zero-order chi connectivity index (χ0) is 12.3. The first-order chi connectivity index (χ1) is 8.18. The molecular weight excluding hydrogens is 329 g/mol. The van der Waals surface area contributed by atoms with E-state index in [1.54, 1.807) is 10.9 Å². The largest absolute Gasteiger partial charge is 0.314 e. The lowest BCUT2D eigenvalue weighted by Crippen LogP contribution is -2.26. The van der Waals surface area contributed by atoms with Gasteiger partial charge in [-0.2, -0.15) is 0 Å². The highest BCUT2D eigenvalue weighted by Crippen LogP contribution is 2.11. The Bertz CT molecular complexity index is 438. The number of hydrogen-bond acceptors (Lipinski definition) is 3.